The lowest BCUT2D eigenvalue weighted by atomic mass is 9.92. The smallest absolute Gasteiger partial charge is 0.245 e. The second-order valence-corrected chi connectivity index (χ2v) is 7.24. The highest BCUT2D eigenvalue weighted by molar-refractivity contribution is 5.64. The highest BCUT2D eigenvalue weighted by atomic mass is 16.7. The third kappa shape index (κ3) is 3.38. The van der Waals surface area contributed by atoms with Gasteiger partial charge in [0.05, 0.1) is 11.9 Å². The van der Waals surface area contributed by atoms with Gasteiger partial charge in [0, 0.05) is 18.7 Å². The van der Waals surface area contributed by atoms with E-state index in [0.29, 0.717) is 11.9 Å². The Hall–Kier alpha value is -3.15. The first-order valence-electron chi connectivity index (χ1n) is 9.76. The van der Waals surface area contributed by atoms with Crippen molar-refractivity contribution in [3.05, 3.63) is 60.3 Å². The van der Waals surface area contributed by atoms with Crippen LogP contribution < -0.4 is 14.4 Å². The highest BCUT2D eigenvalue weighted by Crippen LogP contribution is 2.35. The van der Waals surface area contributed by atoms with Gasteiger partial charge in [0.1, 0.15) is 0 Å². The number of hydrogen-bond donors (Lipinski definition) is 0. The van der Waals surface area contributed by atoms with Crippen LogP contribution in [0.3, 0.4) is 0 Å². The number of anilines is 1. The first-order valence-corrected chi connectivity index (χ1v) is 9.76. The molecule has 142 valence electrons. The van der Waals surface area contributed by atoms with Crippen LogP contribution in [0.4, 0.5) is 5.95 Å². The fraction of sp³-hybridized carbons (Fsp3) is 0.318. The maximum Gasteiger partial charge on any atom is 0.245 e. The van der Waals surface area contributed by atoms with E-state index >= 15 is 0 Å². The van der Waals surface area contributed by atoms with Crippen LogP contribution >= 0.6 is 0 Å². The molecule has 1 atom stereocenters. The van der Waals surface area contributed by atoms with Crippen molar-refractivity contribution in [3.8, 4) is 22.8 Å². The number of rotatable bonds is 3. The van der Waals surface area contributed by atoms with Gasteiger partial charge in [-0.3, -0.25) is 0 Å². The molecule has 2 aliphatic heterocycles. The fourth-order valence-electron chi connectivity index (χ4n) is 3.98. The fourth-order valence-corrected chi connectivity index (χ4v) is 3.98. The molecule has 0 N–H and O–H groups in total. The molecule has 2 aliphatic rings. The van der Waals surface area contributed by atoms with E-state index in [9.17, 15) is 0 Å². The highest BCUT2D eigenvalue weighted by Gasteiger charge is 2.21. The minimum atomic E-state index is 0.266. The number of fused-ring (bicyclic) bond motifs is 1. The summed E-state index contributed by atoms with van der Waals surface area (Å²) in [5.41, 5.74) is 3.18. The van der Waals surface area contributed by atoms with Crippen LogP contribution in [0.2, 0.25) is 0 Å². The van der Waals surface area contributed by atoms with E-state index in [2.05, 4.69) is 45.4 Å². The molecule has 0 amide bonds. The Balaban J connectivity index is 1.35. The van der Waals surface area contributed by atoms with Crippen LogP contribution in [0.15, 0.2) is 54.7 Å². The standard InChI is InChI=1S/C22H22N4O2/c1-2-5-16(6-3-1)17-7-4-11-26(12-10-17)22-24-19(14-23-25-22)18-8-9-20-21(13-18)28-15-27-20/h1-3,5-6,8-9,13-14,17H,4,7,10-12,15H2. The van der Waals surface area contributed by atoms with Gasteiger partial charge in [0.15, 0.2) is 11.5 Å². The molecule has 0 spiro atoms. The number of hydrogen-bond acceptors (Lipinski definition) is 6. The molecule has 3 aromatic rings. The molecule has 1 saturated heterocycles. The zero-order valence-electron chi connectivity index (χ0n) is 15.6. The molecule has 0 saturated carbocycles. The second-order valence-electron chi connectivity index (χ2n) is 7.24. The lowest BCUT2D eigenvalue weighted by molar-refractivity contribution is 0.174. The molecule has 28 heavy (non-hydrogen) atoms. The van der Waals surface area contributed by atoms with Crippen molar-refractivity contribution in [1.29, 1.82) is 0 Å². The molecule has 0 aliphatic carbocycles. The van der Waals surface area contributed by atoms with Crippen molar-refractivity contribution >= 4 is 5.95 Å². The largest absolute Gasteiger partial charge is 0.454 e. The van der Waals surface area contributed by atoms with Crippen LogP contribution in [-0.2, 0) is 0 Å². The minimum absolute atomic E-state index is 0.266. The van der Waals surface area contributed by atoms with Gasteiger partial charge in [0.2, 0.25) is 12.7 Å². The zero-order valence-corrected chi connectivity index (χ0v) is 15.6. The molecule has 6 nitrogen and oxygen atoms in total. The van der Waals surface area contributed by atoms with E-state index in [-0.39, 0.29) is 6.79 Å². The summed E-state index contributed by atoms with van der Waals surface area (Å²) in [6.45, 7) is 2.16. The van der Waals surface area contributed by atoms with Crippen molar-refractivity contribution in [2.75, 3.05) is 24.8 Å². The molecule has 1 unspecified atom stereocenters. The molecular formula is C22H22N4O2. The van der Waals surface area contributed by atoms with Crippen molar-refractivity contribution in [2.24, 2.45) is 0 Å². The van der Waals surface area contributed by atoms with Crippen LogP contribution in [0.5, 0.6) is 11.5 Å². The first-order chi connectivity index (χ1) is 13.9. The Bertz CT molecular complexity index is 964. The Morgan fingerprint density at radius 2 is 1.82 bits per heavy atom. The summed E-state index contributed by atoms with van der Waals surface area (Å²) in [6, 6.07) is 16.6. The quantitative estimate of drug-likeness (QED) is 0.689. The van der Waals surface area contributed by atoms with Crippen molar-refractivity contribution in [3.63, 3.8) is 0 Å². The van der Waals surface area contributed by atoms with Crippen LogP contribution in [0, 0.1) is 0 Å². The molecular weight excluding hydrogens is 352 g/mol. The maximum absolute atomic E-state index is 5.48. The van der Waals surface area contributed by atoms with E-state index in [1.54, 1.807) is 6.20 Å². The Morgan fingerprint density at radius 1 is 0.929 bits per heavy atom. The van der Waals surface area contributed by atoms with Crippen molar-refractivity contribution in [1.82, 2.24) is 15.2 Å². The summed E-state index contributed by atoms with van der Waals surface area (Å²) in [5, 5.41) is 8.52. The summed E-state index contributed by atoms with van der Waals surface area (Å²) >= 11 is 0. The summed E-state index contributed by atoms with van der Waals surface area (Å²) in [7, 11) is 0. The summed E-state index contributed by atoms with van der Waals surface area (Å²) in [5.74, 6) is 2.81. The number of aromatic nitrogens is 3. The second kappa shape index (κ2) is 7.46. The molecule has 1 fully saturated rings. The topological polar surface area (TPSA) is 60.4 Å². The van der Waals surface area contributed by atoms with Gasteiger partial charge in [-0.05, 0) is 48.9 Å². The average Bonchev–Trinajstić information content (AvgIpc) is 3.09. The Kier molecular flexibility index (Phi) is 4.53. The number of nitrogens with zero attached hydrogens (tertiary/aromatic N) is 4. The first kappa shape index (κ1) is 17.0. The maximum atomic E-state index is 5.48. The average molecular weight is 374 g/mol. The Labute approximate surface area is 164 Å². The zero-order chi connectivity index (χ0) is 18.8. The summed E-state index contributed by atoms with van der Waals surface area (Å²) in [4.78, 5) is 7.04. The van der Waals surface area contributed by atoms with Gasteiger partial charge in [-0.25, -0.2) is 4.98 Å². The van der Waals surface area contributed by atoms with Gasteiger partial charge in [-0.2, -0.15) is 5.10 Å². The summed E-state index contributed by atoms with van der Waals surface area (Å²) < 4.78 is 10.9. The predicted octanol–water partition coefficient (Wildman–Crippen LogP) is 4.04. The monoisotopic (exact) mass is 374 g/mol. The SMILES string of the molecule is c1ccc(C2CCCN(c3nncc(-c4ccc5c(c4)OCO5)n3)CC2)cc1. The van der Waals surface area contributed by atoms with Crippen LogP contribution in [0.1, 0.15) is 30.7 Å². The van der Waals surface area contributed by atoms with Gasteiger partial charge >= 0.3 is 0 Å². The molecule has 0 radical (unpaired) electrons. The van der Waals surface area contributed by atoms with Crippen molar-refractivity contribution < 1.29 is 9.47 Å². The van der Waals surface area contributed by atoms with E-state index in [1.807, 2.05) is 18.2 Å². The minimum Gasteiger partial charge on any atom is -0.454 e. The molecule has 3 heterocycles. The van der Waals surface area contributed by atoms with Crippen LogP contribution in [-0.4, -0.2) is 35.1 Å². The third-order valence-electron chi connectivity index (χ3n) is 5.50. The lowest BCUT2D eigenvalue weighted by Crippen LogP contribution is -2.26. The molecule has 0 bridgehead atoms. The van der Waals surface area contributed by atoms with Gasteiger partial charge < -0.3 is 14.4 Å². The lowest BCUT2D eigenvalue weighted by Gasteiger charge is -2.20. The molecule has 2 aromatic carbocycles. The van der Waals surface area contributed by atoms with Gasteiger partial charge in [-0.1, -0.05) is 30.3 Å². The van der Waals surface area contributed by atoms with Gasteiger partial charge in [0.25, 0.3) is 0 Å². The predicted molar refractivity (Wildman–Crippen MR) is 107 cm³/mol. The van der Waals surface area contributed by atoms with E-state index in [4.69, 9.17) is 14.5 Å². The third-order valence-corrected chi connectivity index (χ3v) is 5.50. The number of benzene rings is 2. The van der Waals surface area contributed by atoms with E-state index < -0.39 is 0 Å². The molecule has 6 heteroatoms. The normalized spacial score (nSPS) is 18.7. The Morgan fingerprint density at radius 3 is 2.75 bits per heavy atom. The molecule has 1 aromatic heterocycles. The van der Waals surface area contributed by atoms with Gasteiger partial charge in [-0.15, -0.1) is 5.10 Å². The van der Waals surface area contributed by atoms with Crippen molar-refractivity contribution in [2.45, 2.75) is 25.2 Å². The molecule has 5 rings (SSSR count). The number of ether oxygens (including phenoxy) is 2. The van der Waals surface area contributed by atoms with Crippen LogP contribution in [0.25, 0.3) is 11.3 Å². The van der Waals surface area contributed by atoms with E-state index in [0.717, 1.165) is 48.7 Å². The van der Waals surface area contributed by atoms with E-state index in [1.165, 1.54) is 12.0 Å². The summed E-state index contributed by atoms with van der Waals surface area (Å²) in [6.07, 6.45) is 5.11.